The summed E-state index contributed by atoms with van der Waals surface area (Å²) in [5.74, 6) is 0.823. The number of carbonyl (C=O) groups is 1. The van der Waals surface area contributed by atoms with Gasteiger partial charge >= 0.3 is 0 Å². The number of fused-ring (bicyclic) bond motifs is 2. The molecule has 0 aliphatic carbocycles. The Bertz CT molecular complexity index is 1200. The second-order valence-corrected chi connectivity index (χ2v) is 7.73. The van der Waals surface area contributed by atoms with Crippen molar-refractivity contribution in [2.75, 3.05) is 39.6 Å². The molecule has 1 aromatic heterocycles. The van der Waals surface area contributed by atoms with Crippen molar-refractivity contribution in [2.24, 2.45) is 0 Å². The number of morpholine rings is 1. The molecule has 0 bridgehead atoms. The Morgan fingerprint density at radius 1 is 1.03 bits per heavy atom. The molecule has 1 fully saturated rings. The van der Waals surface area contributed by atoms with Crippen molar-refractivity contribution in [2.45, 2.75) is 13.1 Å². The molecular weight excluding hydrogens is 412 g/mol. The summed E-state index contributed by atoms with van der Waals surface area (Å²) in [5.41, 5.74) is 1.68. The summed E-state index contributed by atoms with van der Waals surface area (Å²) in [6.07, 6.45) is 0. The van der Waals surface area contributed by atoms with Gasteiger partial charge in [0.15, 0.2) is 17.2 Å². The van der Waals surface area contributed by atoms with Crippen molar-refractivity contribution < 1.29 is 19.0 Å². The number of hydrogen-bond donors (Lipinski definition) is 1. The lowest BCUT2D eigenvalue weighted by Gasteiger charge is -2.27. The highest BCUT2D eigenvalue weighted by molar-refractivity contribution is 5.93. The summed E-state index contributed by atoms with van der Waals surface area (Å²) in [4.78, 5) is 32.8. The number of benzene rings is 2. The Morgan fingerprint density at radius 3 is 2.72 bits per heavy atom. The molecule has 3 heterocycles. The van der Waals surface area contributed by atoms with E-state index >= 15 is 0 Å². The first-order chi connectivity index (χ1) is 15.7. The van der Waals surface area contributed by atoms with E-state index in [4.69, 9.17) is 14.2 Å². The van der Waals surface area contributed by atoms with Gasteiger partial charge in [0.25, 0.3) is 11.5 Å². The summed E-state index contributed by atoms with van der Waals surface area (Å²) in [5, 5.41) is 2.81. The third-order valence-corrected chi connectivity index (χ3v) is 5.70. The minimum Gasteiger partial charge on any atom is -0.454 e. The van der Waals surface area contributed by atoms with Gasteiger partial charge in [-0.2, -0.15) is 0 Å². The van der Waals surface area contributed by atoms with E-state index in [0.717, 1.165) is 24.2 Å². The topological polar surface area (TPSA) is 94.9 Å². The Labute approximate surface area is 184 Å². The van der Waals surface area contributed by atoms with E-state index in [-0.39, 0.29) is 24.6 Å². The molecule has 0 unspecified atom stereocenters. The Balaban J connectivity index is 1.37. The van der Waals surface area contributed by atoms with Crippen LogP contribution in [0.15, 0.2) is 47.3 Å². The van der Waals surface area contributed by atoms with Crippen LogP contribution in [0, 0.1) is 0 Å². The molecule has 2 aromatic carbocycles. The van der Waals surface area contributed by atoms with E-state index in [0.29, 0.717) is 43.3 Å². The summed E-state index contributed by atoms with van der Waals surface area (Å²) in [6.45, 7) is 4.67. The highest BCUT2D eigenvalue weighted by Gasteiger charge is 2.19. The van der Waals surface area contributed by atoms with E-state index in [1.807, 2.05) is 36.4 Å². The molecule has 0 radical (unpaired) electrons. The van der Waals surface area contributed by atoms with Crippen LogP contribution in [0.2, 0.25) is 0 Å². The SMILES string of the molecule is O=C(NCc1ccc2c(c1)OCO2)c1nc2ccccc2n(CCN2CCOCC2)c1=O. The molecule has 1 N–H and O–H groups in total. The van der Waals surface area contributed by atoms with Crippen LogP contribution in [0.1, 0.15) is 16.1 Å². The number of amides is 1. The maximum Gasteiger partial charge on any atom is 0.282 e. The van der Waals surface area contributed by atoms with E-state index in [9.17, 15) is 9.59 Å². The van der Waals surface area contributed by atoms with Crippen LogP contribution in [0.5, 0.6) is 11.5 Å². The second-order valence-electron chi connectivity index (χ2n) is 7.73. The first kappa shape index (κ1) is 20.5. The Morgan fingerprint density at radius 2 is 1.84 bits per heavy atom. The normalized spacial score (nSPS) is 15.8. The van der Waals surface area contributed by atoms with E-state index in [1.165, 1.54) is 0 Å². The molecule has 0 atom stereocenters. The lowest BCUT2D eigenvalue weighted by molar-refractivity contribution is 0.0364. The predicted molar refractivity (Wildman–Crippen MR) is 117 cm³/mol. The van der Waals surface area contributed by atoms with Crippen LogP contribution in [-0.2, 0) is 17.8 Å². The number of hydrogen-bond acceptors (Lipinski definition) is 7. The summed E-state index contributed by atoms with van der Waals surface area (Å²) in [6, 6.07) is 12.9. The second kappa shape index (κ2) is 8.97. The van der Waals surface area contributed by atoms with Crippen LogP contribution in [0.25, 0.3) is 11.0 Å². The van der Waals surface area contributed by atoms with Crippen molar-refractivity contribution in [3.05, 3.63) is 64.1 Å². The first-order valence-corrected chi connectivity index (χ1v) is 10.7. The molecule has 2 aliphatic heterocycles. The minimum absolute atomic E-state index is 0.105. The first-order valence-electron chi connectivity index (χ1n) is 10.7. The van der Waals surface area contributed by atoms with E-state index < -0.39 is 5.91 Å². The molecule has 32 heavy (non-hydrogen) atoms. The molecular formula is C23H24N4O5. The lowest BCUT2D eigenvalue weighted by atomic mass is 10.2. The molecule has 1 amide bonds. The van der Waals surface area contributed by atoms with Crippen molar-refractivity contribution in [3.63, 3.8) is 0 Å². The molecule has 0 spiro atoms. The van der Waals surface area contributed by atoms with Crippen LogP contribution < -0.4 is 20.3 Å². The lowest BCUT2D eigenvalue weighted by Crippen LogP contribution is -2.40. The molecule has 0 saturated carbocycles. The molecule has 1 saturated heterocycles. The van der Waals surface area contributed by atoms with Gasteiger partial charge in [-0.3, -0.25) is 14.5 Å². The maximum absolute atomic E-state index is 13.2. The standard InChI is InChI=1S/C23H24N4O5/c28-22(24-14-16-5-6-19-20(13-16)32-15-31-19)21-23(29)27(8-7-26-9-11-30-12-10-26)18-4-2-1-3-17(18)25-21/h1-6,13H,7-12,14-15H2,(H,24,28). The summed E-state index contributed by atoms with van der Waals surface area (Å²) < 4.78 is 17.7. The van der Waals surface area contributed by atoms with E-state index in [1.54, 1.807) is 10.6 Å². The van der Waals surface area contributed by atoms with E-state index in [2.05, 4.69) is 15.2 Å². The van der Waals surface area contributed by atoms with Gasteiger partial charge in [-0.15, -0.1) is 0 Å². The fraction of sp³-hybridized carbons (Fsp3) is 0.348. The Hall–Kier alpha value is -3.43. The van der Waals surface area contributed by atoms with Gasteiger partial charge in [0.2, 0.25) is 6.79 Å². The zero-order chi connectivity index (χ0) is 21.9. The van der Waals surface area contributed by atoms with Gasteiger partial charge in [0, 0.05) is 32.7 Å². The Kier molecular flexibility index (Phi) is 5.74. The fourth-order valence-electron chi connectivity index (χ4n) is 3.95. The van der Waals surface area contributed by atoms with Gasteiger partial charge in [0.05, 0.1) is 24.2 Å². The zero-order valence-corrected chi connectivity index (χ0v) is 17.6. The van der Waals surface area contributed by atoms with Gasteiger partial charge in [-0.1, -0.05) is 18.2 Å². The largest absolute Gasteiger partial charge is 0.454 e. The third kappa shape index (κ3) is 4.17. The molecule has 5 rings (SSSR count). The number of carbonyl (C=O) groups excluding carboxylic acids is 1. The number of nitrogens with one attached hydrogen (secondary N) is 1. The molecule has 2 aliphatic rings. The maximum atomic E-state index is 13.2. The van der Waals surface area contributed by atoms with Crippen LogP contribution in [0.3, 0.4) is 0 Å². The molecule has 3 aromatic rings. The highest BCUT2D eigenvalue weighted by atomic mass is 16.7. The fourth-order valence-corrected chi connectivity index (χ4v) is 3.95. The van der Waals surface area contributed by atoms with Gasteiger partial charge in [-0.25, -0.2) is 4.98 Å². The number of rotatable bonds is 6. The van der Waals surface area contributed by atoms with Crippen LogP contribution in [0.4, 0.5) is 0 Å². The third-order valence-electron chi connectivity index (χ3n) is 5.70. The van der Waals surface area contributed by atoms with Crippen LogP contribution >= 0.6 is 0 Å². The van der Waals surface area contributed by atoms with Gasteiger partial charge in [-0.05, 0) is 29.8 Å². The number of para-hydroxylation sites is 2. The van der Waals surface area contributed by atoms with Gasteiger partial charge in [0.1, 0.15) is 0 Å². The summed E-state index contributed by atoms with van der Waals surface area (Å²) >= 11 is 0. The monoisotopic (exact) mass is 436 g/mol. The minimum atomic E-state index is -0.501. The number of nitrogens with zero attached hydrogens (tertiary/aromatic N) is 3. The number of aromatic nitrogens is 2. The van der Waals surface area contributed by atoms with Gasteiger partial charge < -0.3 is 24.1 Å². The average molecular weight is 436 g/mol. The highest BCUT2D eigenvalue weighted by Crippen LogP contribution is 2.32. The van der Waals surface area contributed by atoms with Crippen molar-refractivity contribution in [1.29, 1.82) is 0 Å². The zero-order valence-electron chi connectivity index (χ0n) is 17.6. The summed E-state index contributed by atoms with van der Waals surface area (Å²) in [7, 11) is 0. The molecule has 9 heteroatoms. The molecule has 166 valence electrons. The quantitative estimate of drug-likeness (QED) is 0.624. The number of ether oxygens (including phenoxy) is 3. The van der Waals surface area contributed by atoms with Crippen molar-refractivity contribution in [1.82, 2.24) is 19.8 Å². The predicted octanol–water partition coefficient (Wildman–Crippen LogP) is 1.39. The van der Waals surface area contributed by atoms with Crippen molar-refractivity contribution in [3.8, 4) is 11.5 Å². The average Bonchev–Trinajstić information content (AvgIpc) is 3.30. The van der Waals surface area contributed by atoms with Crippen molar-refractivity contribution >= 4 is 16.9 Å². The molecule has 9 nitrogen and oxygen atoms in total. The van der Waals surface area contributed by atoms with Crippen LogP contribution in [-0.4, -0.2) is 60.0 Å². The smallest absolute Gasteiger partial charge is 0.282 e.